The van der Waals surface area contributed by atoms with Gasteiger partial charge in [-0.25, -0.2) is 8.42 Å². The Morgan fingerprint density at radius 2 is 1.71 bits per heavy atom. The van der Waals surface area contributed by atoms with E-state index in [1.165, 1.54) is 38.5 Å². The standard InChI is InChI=1S/C15H16N2O6S/c1-10-4-6-12(17(18)19)9-15(10)24(20,21)16-11-5-7-13(22-2)14(8-11)23-3/h4-9,16H,1-3H3. The van der Waals surface area contributed by atoms with Gasteiger partial charge in [-0.05, 0) is 24.6 Å². The molecule has 0 spiro atoms. The number of sulfonamides is 1. The van der Waals surface area contributed by atoms with Gasteiger partial charge in [0.15, 0.2) is 11.5 Å². The van der Waals surface area contributed by atoms with Crippen molar-refractivity contribution < 1.29 is 22.8 Å². The number of hydrogen-bond donors (Lipinski definition) is 1. The van der Waals surface area contributed by atoms with E-state index in [2.05, 4.69) is 4.72 Å². The Balaban J connectivity index is 2.42. The molecular weight excluding hydrogens is 336 g/mol. The molecule has 0 aliphatic carbocycles. The van der Waals surface area contributed by atoms with Gasteiger partial charge < -0.3 is 9.47 Å². The number of ether oxygens (including phenoxy) is 2. The van der Waals surface area contributed by atoms with E-state index in [0.717, 1.165) is 6.07 Å². The van der Waals surface area contributed by atoms with Crippen LogP contribution in [-0.4, -0.2) is 27.6 Å². The quantitative estimate of drug-likeness (QED) is 0.632. The van der Waals surface area contributed by atoms with Crippen molar-refractivity contribution in [2.75, 3.05) is 18.9 Å². The van der Waals surface area contributed by atoms with Crippen molar-refractivity contribution >= 4 is 21.4 Å². The second-order valence-corrected chi connectivity index (χ2v) is 6.53. The predicted octanol–water partition coefficient (Wildman–Crippen LogP) is 2.72. The highest BCUT2D eigenvalue weighted by molar-refractivity contribution is 7.92. The van der Waals surface area contributed by atoms with E-state index >= 15 is 0 Å². The summed E-state index contributed by atoms with van der Waals surface area (Å²) in [5.74, 6) is 0.806. The maximum atomic E-state index is 12.5. The molecule has 0 unspecified atom stereocenters. The molecule has 0 aliphatic heterocycles. The van der Waals surface area contributed by atoms with Gasteiger partial charge in [-0.15, -0.1) is 0 Å². The van der Waals surface area contributed by atoms with Crippen molar-refractivity contribution in [3.63, 3.8) is 0 Å². The summed E-state index contributed by atoms with van der Waals surface area (Å²) >= 11 is 0. The maximum Gasteiger partial charge on any atom is 0.270 e. The van der Waals surface area contributed by atoms with Gasteiger partial charge in [-0.3, -0.25) is 14.8 Å². The van der Waals surface area contributed by atoms with Crippen LogP contribution in [0, 0.1) is 17.0 Å². The van der Waals surface area contributed by atoms with E-state index < -0.39 is 14.9 Å². The minimum Gasteiger partial charge on any atom is -0.493 e. The van der Waals surface area contributed by atoms with Crippen LogP contribution in [0.3, 0.4) is 0 Å². The first-order valence-corrected chi connectivity index (χ1v) is 8.26. The van der Waals surface area contributed by atoms with E-state index in [1.54, 1.807) is 13.0 Å². The van der Waals surface area contributed by atoms with Gasteiger partial charge in [-0.2, -0.15) is 0 Å². The third-order valence-corrected chi connectivity index (χ3v) is 4.83. The first-order chi connectivity index (χ1) is 11.3. The average Bonchev–Trinajstić information content (AvgIpc) is 2.54. The first-order valence-electron chi connectivity index (χ1n) is 6.78. The van der Waals surface area contributed by atoms with Crippen molar-refractivity contribution in [1.29, 1.82) is 0 Å². The SMILES string of the molecule is COc1ccc(NS(=O)(=O)c2cc([N+](=O)[O-])ccc2C)cc1OC. The topological polar surface area (TPSA) is 108 Å². The Morgan fingerprint density at radius 3 is 2.29 bits per heavy atom. The van der Waals surface area contributed by atoms with Crippen LogP contribution in [0.15, 0.2) is 41.3 Å². The molecule has 1 N–H and O–H groups in total. The van der Waals surface area contributed by atoms with Gasteiger partial charge in [0.2, 0.25) is 0 Å². The average molecular weight is 352 g/mol. The number of anilines is 1. The Morgan fingerprint density at radius 1 is 1.04 bits per heavy atom. The number of aryl methyl sites for hydroxylation is 1. The number of hydrogen-bond acceptors (Lipinski definition) is 6. The molecule has 2 rings (SSSR count). The van der Waals surface area contributed by atoms with Crippen molar-refractivity contribution in [3.05, 3.63) is 52.1 Å². The molecular formula is C15H16N2O6S. The van der Waals surface area contributed by atoms with Crippen molar-refractivity contribution in [1.82, 2.24) is 0 Å². The number of methoxy groups -OCH3 is 2. The summed E-state index contributed by atoms with van der Waals surface area (Å²) in [5.41, 5.74) is 0.348. The number of nitro groups is 1. The highest BCUT2D eigenvalue weighted by Crippen LogP contribution is 2.31. The van der Waals surface area contributed by atoms with E-state index in [4.69, 9.17) is 9.47 Å². The Hall–Kier alpha value is -2.81. The van der Waals surface area contributed by atoms with Crippen LogP contribution in [0.1, 0.15) is 5.56 Å². The van der Waals surface area contributed by atoms with Gasteiger partial charge in [0.25, 0.3) is 15.7 Å². The van der Waals surface area contributed by atoms with Crippen molar-refractivity contribution in [3.8, 4) is 11.5 Å². The summed E-state index contributed by atoms with van der Waals surface area (Å²) in [4.78, 5) is 10.1. The van der Waals surface area contributed by atoms with Crippen LogP contribution < -0.4 is 14.2 Å². The summed E-state index contributed by atoms with van der Waals surface area (Å²) < 4.78 is 37.7. The second-order valence-electron chi connectivity index (χ2n) is 4.88. The van der Waals surface area contributed by atoms with Crippen molar-refractivity contribution in [2.45, 2.75) is 11.8 Å². The highest BCUT2D eigenvalue weighted by Gasteiger charge is 2.21. The lowest BCUT2D eigenvalue weighted by atomic mass is 10.2. The third kappa shape index (κ3) is 3.57. The zero-order valence-corrected chi connectivity index (χ0v) is 14.1. The fourth-order valence-electron chi connectivity index (χ4n) is 2.10. The van der Waals surface area contributed by atoms with Crippen LogP contribution in [0.5, 0.6) is 11.5 Å². The molecule has 0 atom stereocenters. The lowest BCUT2D eigenvalue weighted by Gasteiger charge is -2.13. The lowest BCUT2D eigenvalue weighted by molar-refractivity contribution is -0.385. The molecule has 2 aromatic carbocycles. The van der Waals surface area contributed by atoms with Gasteiger partial charge in [0.05, 0.1) is 29.7 Å². The molecule has 0 amide bonds. The number of nitrogens with zero attached hydrogens (tertiary/aromatic N) is 1. The van der Waals surface area contributed by atoms with E-state index in [9.17, 15) is 18.5 Å². The number of non-ortho nitro benzene ring substituents is 1. The highest BCUT2D eigenvalue weighted by atomic mass is 32.2. The third-order valence-electron chi connectivity index (χ3n) is 3.31. The smallest absolute Gasteiger partial charge is 0.270 e. The van der Waals surface area contributed by atoms with Crippen LogP contribution in [-0.2, 0) is 10.0 Å². The molecule has 2 aromatic rings. The minimum atomic E-state index is -4.00. The zero-order chi connectivity index (χ0) is 17.9. The molecule has 128 valence electrons. The zero-order valence-electron chi connectivity index (χ0n) is 13.3. The molecule has 0 saturated carbocycles. The van der Waals surface area contributed by atoms with E-state index in [-0.39, 0.29) is 16.3 Å². The molecule has 0 aliphatic rings. The number of nitro benzene ring substituents is 1. The Labute approximate surface area is 139 Å². The van der Waals surface area contributed by atoms with Gasteiger partial charge in [0, 0.05) is 18.2 Å². The summed E-state index contributed by atoms with van der Waals surface area (Å²) in [6.07, 6.45) is 0. The molecule has 0 aromatic heterocycles. The van der Waals surface area contributed by atoms with Crippen molar-refractivity contribution in [2.24, 2.45) is 0 Å². The molecule has 24 heavy (non-hydrogen) atoms. The molecule has 0 fully saturated rings. The normalized spacial score (nSPS) is 11.0. The summed E-state index contributed by atoms with van der Waals surface area (Å²) in [7, 11) is -1.10. The molecule has 0 bridgehead atoms. The lowest BCUT2D eigenvalue weighted by Crippen LogP contribution is -2.14. The van der Waals surface area contributed by atoms with Gasteiger partial charge in [-0.1, -0.05) is 6.07 Å². The molecule has 0 radical (unpaired) electrons. The van der Waals surface area contributed by atoms with Gasteiger partial charge >= 0.3 is 0 Å². The second kappa shape index (κ2) is 6.75. The van der Waals surface area contributed by atoms with Crippen LogP contribution in [0.4, 0.5) is 11.4 Å². The van der Waals surface area contributed by atoms with Crippen LogP contribution in [0.2, 0.25) is 0 Å². The Kier molecular flexibility index (Phi) is 4.93. The number of benzene rings is 2. The summed E-state index contributed by atoms with van der Waals surface area (Å²) in [6.45, 7) is 1.56. The molecule has 0 saturated heterocycles. The van der Waals surface area contributed by atoms with Gasteiger partial charge in [0.1, 0.15) is 0 Å². The minimum absolute atomic E-state index is 0.161. The Bertz CT molecular complexity index is 880. The van der Waals surface area contributed by atoms with E-state index in [0.29, 0.717) is 17.1 Å². The summed E-state index contributed by atoms with van der Waals surface area (Å²) in [5, 5.41) is 10.9. The largest absolute Gasteiger partial charge is 0.493 e. The summed E-state index contributed by atoms with van der Waals surface area (Å²) in [6, 6.07) is 8.19. The van der Waals surface area contributed by atoms with E-state index in [1.807, 2.05) is 0 Å². The monoisotopic (exact) mass is 352 g/mol. The first kappa shape index (κ1) is 17.5. The fraction of sp³-hybridized carbons (Fsp3) is 0.200. The van der Waals surface area contributed by atoms with Crippen LogP contribution >= 0.6 is 0 Å². The van der Waals surface area contributed by atoms with Crippen LogP contribution in [0.25, 0.3) is 0 Å². The molecule has 0 heterocycles. The molecule has 8 nitrogen and oxygen atoms in total. The predicted molar refractivity (Wildman–Crippen MR) is 88.2 cm³/mol. The number of rotatable bonds is 6. The molecule has 9 heteroatoms. The maximum absolute atomic E-state index is 12.5. The fourth-order valence-corrected chi connectivity index (χ4v) is 3.42. The number of nitrogens with one attached hydrogen (secondary N) is 1.